The molecule has 5 nitrogen and oxygen atoms in total. The van der Waals surface area contributed by atoms with E-state index in [1.54, 1.807) is 0 Å². The van der Waals surface area contributed by atoms with Crippen LogP contribution in [0.3, 0.4) is 0 Å². The molecule has 2 amide bonds. The molecule has 3 aromatic rings. The molecule has 5 heteroatoms. The number of nitrogens with zero attached hydrogens (tertiary/aromatic N) is 2. The molecule has 1 saturated carbocycles. The zero-order chi connectivity index (χ0) is 24.8. The number of hydrogen-bond acceptors (Lipinski definition) is 3. The molecule has 1 aliphatic rings. The van der Waals surface area contributed by atoms with Gasteiger partial charge in [-0.1, -0.05) is 76.9 Å². The standard InChI is InChI=1S/C30H38N4O/c1-22(2)26-13-10-14-27(23(3)4)28(26)33-29(35)32-21-30(17-8-9-18-30)34(24-11-6-5-7-12-24)25-15-19-31-20-16-25/h5-7,10-16,19-20,22-23H,8-9,17-18,21H2,1-4H3,(H2,32,33,35). The molecule has 0 bridgehead atoms. The van der Waals surface area contributed by atoms with E-state index >= 15 is 0 Å². The van der Waals surface area contributed by atoms with E-state index in [1.807, 2.05) is 18.5 Å². The summed E-state index contributed by atoms with van der Waals surface area (Å²) in [6.45, 7) is 9.24. The maximum atomic E-state index is 13.3. The second-order valence-electron chi connectivity index (χ2n) is 10.2. The summed E-state index contributed by atoms with van der Waals surface area (Å²) in [5.41, 5.74) is 5.33. The van der Waals surface area contributed by atoms with Crippen molar-refractivity contribution in [2.45, 2.75) is 70.8 Å². The number of nitrogens with one attached hydrogen (secondary N) is 2. The molecule has 0 spiro atoms. The number of pyridine rings is 1. The number of aromatic nitrogens is 1. The smallest absolute Gasteiger partial charge is 0.319 e. The number of rotatable bonds is 8. The predicted molar refractivity (Wildman–Crippen MR) is 146 cm³/mol. The van der Waals surface area contributed by atoms with Crippen LogP contribution in [0.5, 0.6) is 0 Å². The number of benzene rings is 2. The van der Waals surface area contributed by atoms with Gasteiger partial charge in [0, 0.05) is 36.0 Å². The molecule has 1 aliphatic carbocycles. The second kappa shape index (κ2) is 10.9. The fourth-order valence-electron chi connectivity index (χ4n) is 5.38. The summed E-state index contributed by atoms with van der Waals surface area (Å²) in [5, 5.41) is 6.48. The van der Waals surface area contributed by atoms with Crippen LogP contribution in [0.15, 0.2) is 73.1 Å². The van der Waals surface area contributed by atoms with Gasteiger partial charge in [-0.15, -0.1) is 0 Å². The van der Waals surface area contributed by atoms with E-state index in [0.29, 0.717) is 18.4 Å². The van der Waals surface area contributed by atoms with Crippen LogP contribution < -0.4 is 15.5 Å². The Kier molecular flexibility index (Phi) is 7.74. The lowest BCUT2D eigenvalue weighted by Gasteiger charge is -2.43. The van der Waals surface area contributed by atoms with Crippen LogP contribution in [0, 0.1) is 0 Å². The van der Waals surface area contributed by atoms with Crippen LogP contribution in [0.1, 0.15) is 76.3 Å². The van der Waals surface area contributed by atoms with E-state index in [2.05, 4.69) is 103 Å². The largest absolute Gasteiger partial charge is 0.335 e. The molecule has 2 aromatic carbocycles. The van der Waals surface area contributed by atoms with Crippen LogP contribution in [0.4, 0.5) is 21.9 Å². The van der Waals surface area contributed by atoms with Crippen molar-refractivity contribution in [3.8, 4) is 0 Å². The van der Waals surface area contributed by atoms with Crippen molar-refractivity contribution in [1.29, 1.82) is 0 Å². The molecule has 0 saturated heterocycles. The van der Waals surface area contributed by atoms with E-state index in [4.69, 9.17) is 0 Å². The fraction of sp³-hybridized carbons (Fsp3) is 0.400. The van der Waals surface area contributed by atoms with Gasteiger partial charge in [-0.05, 0) is 60.1 Å². The minimum Gasteiger partial charge on any atom is -0.335 e. The van der Waals surface area contributed by atoms with Gasteiger partial charge >= 0.3 is 6.03 Å². The molecule has 35 heavy (non-hydrogen) atoms. The maximum Gasteiger partial charge on any atom is 0.319 e. The molecule has 1 fully saturated rings. The van der Waals surface area contributed by atoms with Gasteiger partial charge in [0.1, 0.15) is 0 Å². The van der Waals surface area contributed by atoms with Crippen LogP contribution in [0.2, 0.25) is 0 Å². The first kappa shape index (κ1) is 24.8. The van der Waals surface area contributed by atoms with Crippen molar-refractivity contribution in [2.75, 3.05) is 16.8 Å². The Bertz CT molecular complexity index is 1040. The third-order valence-corrected chi connectivity index (χ3v) is 7.13. The summed E-state index contributed by atoms with van der Waals surface area (Å²) in [5.74, 6) is 0.649. The van der Waals surface area contributed by atoms with Gasteiger partial charge in [-0.3, -0.25) is 4.98 Å². The Morgan fingerprint density at radius 3 is 2.00 bits per heavy atom. The third kappa shape index (κ3) is 5.50. The number of hydrogen-bond donors (Lipinski definition) is 2. The van der Waals surface area contributed by atoms with Crippen molar-refractivity contribution in [3.05, 3.63) is 84.2 Å². The summed E-state index contributed by atoms with van der Waals surface area (Å²) >= 11 is 0. The van der Waals surface area contributed by atoms with Crippen molar-refractivity contribution >= 4 is 23.1 Å². The number of anilines is 3. The Hall–Kier alpha value is -3.34. The minimum absolute atomic E-state index is 0.144. The summed E-state index contributed by atoms with van der Waals surface area (Å²) in [4.78, 5) is 19.9. The van der Waals surface area contributed by atoms with E-state index in [1.165, 1.54) is 11.1 Å². The van der Waals surface area contributed by atoms with Gasteiger partial charge < -0.3 is 15.5 Å². The number of para-hydroxylation sites is 2. The highest BCUT2D eigenvalue weighted by atomic mass is 16.2. The molecule has 2 N–H and O–H groups in total. The zero-order valence-corrected chi connectivity index (χ0v) is 21.4. The van der Waals surface area contributed by atoms with Gasteiger partial charge in [-0.25, -0.2) is 4.79 Å². The molecular formula is C30H38N4O. The average molecular weight is 471 g/mol. The summed E-state index contributed by atoms with van der Waals surface area (Å²) in [6, 6.07) is 20.8. The lowest BCUT2D eigenvalue weighted by Crippen LogP contribution is -2.53. The molecular weight excluding hydrogens is 432 g/mol. The summed E-state index contributed by atoms with van der Waals surface area (Å²) < 4.78 is 0. The highest BCUT2D eigenvalue weighted by molar-refractivity contribution is 5.91. The first-order valence-corrected chi connectivity index (χ1v) is 12.8. The molecule has 4 rings (SSSR count). The van der Waals surface area contributed by atoms with E-state index in [-0.39, 0.29) is 11.6 Å². The number of amides is 2. The Morgan fingerprint density at radius 1 is 0.857 bits per heavy atom. The Balaban J connectivity index is 1.60. The summed E-state index contributed by atoms with van der Waals surface area (Å²) in [7, 11) is 0. The molecule has 0 unspecified atom stereocenters. The number of carbonyl (C=O) groups is 1. The van der Waals surface area contributed by atoms with Crippen molar-refractivity contribution in [2.24, 2.45) is 0 Å². The van der Waals surface area contributed by atoms with Crippen LogP contribution >= 0.6 is 0 Å². The fourth-order valence-corrected chi connectivity index (χ4v) is 5.38. The third-order valence-electron chi connectivity index (χ3n) is 7.13. The molecule has 0 atom stereocenters. The Labute approximate surface area is 210 Å². The first-order chi connectivity index (χ1) is 16.9. The molecule has 1 heterocycles. The van der Waals surface area contributed by atoms with E-state index in [9.17, 15) is 4.79 Å². The summed E-state index contributed by atoms with van der Waals surface area (Å²) in [6.07, 6.45) is 8.00. The average Bonchev–Trinajstić information content (AvgIpc) is 3.33. The zero-order valence-electron chi connectivity index (χ0n) is 21.4. The predicted octanol–water partition coefficient (Wildman–Crippen LogP) is 7.60. The van der Waals surface area contributed by atoms with Gasteiger partial charge in [0.15, 0.2) is 0 Å². The van der Waals surface area contributed by atoms with Crippen LogP contribution in [-0.4, -0.2) is 23.1 Å². The van der Waals surface area contributed by atoms with Crippen molar-refractivity contribution in [3.63, 3.8) is 0 Å². The molecule has 184 valence electrons. The lowest BCUT2D eigenvalue weighted by atomic mass is 9.92. The Morgan fingerprint density at radius 2 is 1.43 bits per heavy atom. The first-order valence-electron chi connectivity index (χ1n) is 12.8. The van der Waals surface area contributed by atoms with Gasteiger partial charge in [0.25, 0.3) is 0 Å². The van der Waals surface area contributed by atoms with Gasteiger partial charge in [-0.2, -0.15) is 0 Å². The SMILES string of the molecule is CC(C)c1cccc(C(C)C)c1NC(=O)NCC1(N(c2ccccc2)c2ccncc2)CCCC1. The minimum atomic E-state index is -0.196. The van der Waals surface area contributed by atoms with Gasteiger partial charge in [0.2, 0.25) is 0 Å². The topological polar surface area (TPSA) is 57.3 Å². The van der Waals surface area contributed by atoms with Crippen molar-refractivity contribution in [1.82, 2.24) is 10.3 Å². The van der Waals surface area contributed by atoms with Gasteiger partial charge in [0.05, 0.1) is 5.54 Å². The quantitative estimate of drug-likeness (QED) is 0.356. The van der Waals surface area contributed by atoms with Crippen LogP contribution in [0.25, 0.3) is 0 Å². The number of urea groups is 1. The lowest BCUT2D eigenvalue weighted by molar-refractivity contribution is 0.248. The highest BCUT2D eigenvalue weighted by Crippen LogP contribution is 2.42. The monoisotopic (exact) mass is 470 g/mol. The maximum absolute atomic E-state index is 13.3. The van der Waals surface area contributed by atoms with Crippen LogP contribution in [-0.2, 0) is 0 Å². The van der Waals surface area contributed by atoms with E-state index < -0.39 is 0 Å². The normalized spacial score (nSPS) is 14.8. The molecule has 0 aliphatic heterocycles. The number of carbonyl (C=O) groups excluding carboxylic acids is 1. The molecule has 1 aromatic heterocycles. The van der Waals surface area contributed by atoms with Crippen molar-refractivity contribution < 1.29 is 4.79 Å². The highest BCUT2D eigenvalue weighted by Gasteiger charge is 2.41. The van der Waals surface area contributed by atoms with E-state index in [0.717, 1.165) is 42.7 Å². The second-order valence-corrected chi connectivity index (χ2v) is 10.2. The molecule has 0 radical (unpaired) electrons.